The number of aromatic nitrogens is 1. The summed E-state index contributed by atoms with van der Waals surface area (Å²) in [4.78, 5) is 56.6. The summed E-state index contributed by atoms with van der Waals surface area (Å²) in [7, 11) is -0.0233. The minimum Gasteiger partial charge on any atom is -0.497 e. The predicted octanol–water partition coefficient (Wildman–Crippen LogP) is 4.61. The summed E-state index contributed by atoms with van der Waals surface area (Å²) in [5, 5.41) is 9.83. The third kappa shape index (κ3) is 6.72. The highest BCUT2D eigenvalue weighted by Gasteiger charge is 2.66. The van der Waals surface area contributed by atoms with Gasteiger partial charge >= 0.3 is 0 Å². The van der Waals surface area contributed by atoms with Gasteiger partial charge in [-0.2, -0.15) is 0 Å². The van der Waals surface area contributed by atoms with Gasteiger partial charge in [0.1, 0.15) is 5.75 Å². The summed E-state index contributed by atoms with van der Waals surface area (Å²) in [5.74, 6) is -0.194. The molecule has 3 aromatic carbocycles. The van der Waals surface area contributed by atoms with Gasteiger partial charge in [-0.15, -0.1) is 0 Å². The van der Waals surface area contributed by atoms with Crippen molar-refractivity contribution in [2.24, 2.45) is 5.92 Å². The molecule has 2 N–H and O–H groups in total. The zero-order valence-electron chi connectivity index (χ0n) is 29.6. The van der Waals surface area contributed by atoms with Crippen LogP contribution in [0.25, 0.3) is 5.69 Å². The van der Waals surface area contributed by atoms with Gasteiger partial charge < -0.3 is 33.9 Å². The number of amides is 2. The van der Waals surface area contributed by atoms with Gasteiger partial charge in [0.05, 0.1) is 45.6 Å². The molecular weight excluding hydrogens is 667 g/mol. The van der Waals surface area contributed by atoms with Crippen LogP contribution in [0.1, 0.15) is 30.0 Å². The van der Waals surface area contributed by atoms with Crippen LogP contribution < -0.4 is 19.9 Å². The van der Waals surface area contributed by atoms with Gasteiger partial charge in [-0.05, 0) is 66.7 Å². The molecule has 11 nitrogen and oxygen atoms in total. The lowest BCUT2D eigenvalue weighted by Gasteiger charge is -2.32. The maximum atomic E-state index is 14.9. The van der Waals surface area contributed by atoms with E-state index in [1.165, 1.54) is 11.7 Å². The standard InChI is InChI=1S/C39H45N3O8Si/c1-26-36(51(4,5)47)34(23-35(44)40(20-21-43)24-27-10-7-6-8-11-27)50-39(26)31-22-30(48-2)17-18-32(31)42(38(39)46)25-28-13-15-29(16-14-28)41-19-9-12-33(49-3)37(41)45/h6-19,22,26,34,36,43,47H,20-21,23-25H2,1-5H3/t26-,34+,36-,39+/m0/s1. The van der Waals surface area contributed by atoms with E-state index >= 15 is 0 Å². The second-order valence-corrected chi connectivity index (χ2v) is 17.8. The maximum absolute atomic E-state index is 14.9. The molecule has 268 valence electrons. The summed E-state index contributed by atoms with van der Waals surface area (Å²) >= 11 is 0. The van der Waals surface area contributed by atoms with Gasteiger partial charge in [-0.3, -0.25) is 19.0 Å². The van der Waals surface area contributed by atoms with E-state index in [1.54, 1.807) is 41.3 Å². The van der Waals surface area contributed by atoms with E-state index in [-0.39, 0.29) is 49.2 Å². The van der Waals surface area contributed by atoms with E-state index in [0.717, 1.165) is 11.1 Å². The Bertz CT molecular complexity index is 1940. The lowest BCUT2D eigenvalue weighted by Crippen LogP contribution is -2.46. The zero-order chi connectivity index (χ0) is 36.5. The number of methoxy groups -OCH3 is 2. The first kappa shape index (κ1) is 36.1. The lowest BCUT2D eigenvalue weighted by molar-refractivity contribution is -0.150. The first-order chi connectivity index (χ1) is 24.4. The molecule has 2 aliphatic rings. The number of ether oxygens (including phenoxy) is 3. The van der Waals surface area contributed by atoms with Crippen LogP contribution in [0, 0.1) is 5.92 Å². The van der Waals surface area contributed by atoms with Crippen LogP contribution in [0.2, 0.25) is 18.6 Å². The highest BCUT2D eigenvalue weighted by molar-refractivity contribution is 6.71. The van der Waals surface area contributed by atoms with E-state index in [4.69, 9.17) is 14.2 Å². The average molecular weight is 712 g/mol. The van der Waals surface area contributed by atoms with Crippen molar-refractivity contribution in [2.75, 3.05) is 32.3 Å². The van der Waals surface area contributed by atoms with Gasteiger partial charge in [0.2, 0.25) is 5.91 Å². The van der Waals surface area contributed by atoms with E-state index in [9.17, 15) is 24.3 Å². The number of fused-ring (bicyclic) bond motifs is 2. The Morgan fingerprint density at radius 1 is 0.961 bits per heavy atom. The molecule has 4 aromatic rings. The summed E-state index contributed by atoms with van der Waals surface area (Å²) in [6.45, 7) is 6.05. The highest BCUT2D eigenvalue weighted by Crippen LogP contribution is 2.60. The molecule has 0 bridgehead atoms. The normalized spacial score (nSPS) is 21.2. The van der Waals surface area contributed by atoms with Crippen molar-refractivity contribution in [2.45, 2.75) is 56.8 Å². The molecule has 3 heterocycles. The molecule has 0 aliphatic carbocycles. The zero-order valence-corrected chi connectivity index (χ0v) is 30.6. The van der Waals surface area contributed by atoms with Crippen LogP contribution in [0.4, 0.5) is 5.69 Å². The summed E-state index contributed by atoms with van der Waals surface area (Å²) < 4.78 is 19.2. The van der Waals surface area contributed by atoms with Crippen molar-refractivity contribution in [3.63, 3.8) is 0 Å². The van der Waals surface area contributed by atoms with Crippen molar-refractivity contribution in [1.82, 2.24) is 9.47 Å². The summed E-state index contributed by atoms with van der Waals surface area (Å²) in [6.07, 6.45) is 0.863. The number of aliphatic hydroxyl groups excluding tert-OH is 1. The second kappa shape index (κ2) is 14.5. The van der Waals surface area contributed by atoms with Crippen LogP contribution >= 0.6 is 0 Å². The van der Waals surface area contributed by atoms with Gasteiger partial charge in [0.15, 0.2) is 19.7 Å². The highest BCUT2D eigenvalue weighted by atomic mass is 28.4. The van der Waals surface area contributed by atoms with Crippen molar-refractivity contribution in [3.8, 4) is 17.2 Å². The molecule has 2 amide bonds. The number of hydrogen-bond donors (Lipinski definition) is 2. The molecule has 51 heavy (non-hydrogen) atoms. The predicted molar refractivity (Wildman–Crippen MR) is 196 cm³/mol. The topological polar surface area (TPSA) is 131 Å². The van der Waals surface area contributed by atoms with Gasteiger partial charge in [-0.1, -0.05) is 49.4 Å². The van der Waals surface area contributed by atoms with Crippen molar-refractivity contribution >= 4 is 25.8 Å². The Morgan fingerprint density at radius 3 is 2.33 bits per heavy atom. The number of hydrogen-bond acceptors (Lipinski definition) is 8. The van der Waals surface area contributed by atoms with Crippen LogP contribution in [0.15, 0.2) is 95.9 Å². The molecular formula is C39H45N3O8Si. The van der Waals surface area contributed by atoms with Crippen LogP contribution in [-0.4, -0.2) is 73.0 Å². The fraction of sp³-hybridized carbons (Fsp3) is 0.359. The van der Waals surface area contributed by atoms with Gasteiger partial charge in [0.25, 0.3) is 11.5 Å². The molecule has 1 spiro atoms. The average Bonchev–Trinajstić information content (AvgIpc) is 3.54. The Balaban J connectivity index is 1.33. The summed E-state index contributed by atoms with van der Waals surface area (Å²) in [6, 6.07) is 25.8. The van der Waals surface area contributed by atoms with E-state index in [2.05, 4.69) is 0 Å². The number of nitrogens with zero attached hydrogens (tertiary/aromatic N) is 3. The molecule has 12 heteroatoms. The van der Waals surface area contributed by atoms with E-state index < -0.39 is 31.5 Å². The third-order valence-electron chi connectivity index (χ3n) is 10.2. The Kier molecular flexibility index (Phi) is 10.2. The van der Waals surface area contributed by atoms with Crippen molar-refractivity contribution in [1.29, 1.82) is 0 Å². The van der Waals surface area contributed by atoms with Crippen LogP contribution in [0.5, 0.6) is 11.5 Å². The first-order valence-corrected chi connectivity index (χ1v) is 20.1. The number of benzene rings is 3. The Hall–Kier alpha value is -4.75. The second-order valence-electron chi connectivity index (χ2n) is 13.8. The lowest BCUT2D eigenvalue weighted by atomic mass is 9.82. The Morgan fingerprint density at radius 2 is 1.69 bits per heavy atom. The maximum Gasteiger partial charge on any atom is 0.297 e. The molecule has 6 rings (SSSR count). The number of carbonyl (C=O) groups is 2. The monoisotopic (exact) mass is 711 g/mol. The molecule has 0 radical (unpaired) electrons. The Labute approximate surface area is 298 Å². The molecule has 1 aromatic heterocycles. The van der Waals surface area contributed by atoms with Gasteiger partial charge in [0, 0.05) is 42.0 Å². The fourth-order valence-electron chi connectivity index (χ4n) is 7.84. The number of anilines is 1. The van der Waals surface area contributed by atoms with Gasteiger partial charge in [-0.25, -0.2) is 0 Å². The van der Waals surface area contributed by atoms with E-state index in [1.807, 2.05) is 86.7 Å². The SMILES string of the molecule is COc1ccc2c(c1)[C@@]1(O[C@H](CC(=O)N(CCO)Cc3ccccc3)[C@@H]([Si](C)(C)O)[C@@H]1C)C(=O)N2Cc1ccc(-n2cccc(OC)c2=O)cc1. The van der Waals surface area contributed by atoms with Crippen molar-refractivity contribution < 1.29 is 33.7 Å². The third-order valence-corrected chi connectivity index (χ3v) is 12.7. The largest absolute Gasteiger partial charge is 0.497 e. The molecule has 1 fully saturated rings. The quantitative estimate of drug-likeness (QED) is 0.204. The molecule has 1 saturated heterocycles. The van der Waals surface area contributed by atoms with Crippen molar-refractivity contribution in [3.05, 3.63) is 118 Å². The molecule has 2 aliphatic heterocycles. The number of aliphatic hydroxyl groups is 1. The minimum absolute atomic E-state index is 0.0573. The van der Waals surface area contributed by atoms with E-state index in [0.29, 0.717) is 29.2 Å². The molecule has 4 atom stereocenters. The van der Waals surface area contributed by atoms with Crippen LogP contribution in [-0.2, 0) is 33.0 Å². The minimum atomic E-state index is -3.04. The fourth-order valence-corrected chi connectivity index (χ4v) is 10.4. The molecule has 0 saturated carbocycles. The first-order valence-electron chi connectivity index (χ1n) is 17.1. The smallest absolute Gasteiger partial charge is 0.297 e. The molecule has 0 unspecified atom stereocenters. The summed E-state index contributed by atoms with van der Waals surface area (Å²) in [5.41, 5.74) is 1.49. The number of pyridine rings is 1. The van der Waals surface area contributed by atoms with Crippen LogP contribution in [0.3, 0.4) is 0 Å². The number of carbonyl (C=O) groups excluding carboxylic acids is 2. The number of rotatable bonds is 12.